The number of carbonyl (C=O) groups is 1. The van der Waals surface area contributed by atoms with Crippen molar-refractivity contribution in [2.75, 3.05) is 6.61 Å². The molecule has 0 amide bonds. The molecule has 94 valence electrons. The number of ether oxygens (including phenoxy) is 1. The predicted octanol–water partition coefficient (Wildman–Crippen LogP) is 0.286. The first-order valence-electron chi connectivity index (χ1n) is 4.31. The van der Waals surface area contributed by atoms with Gasteiger partial charge >= 0.3 is 12.1 Å². The Kier molecular flexibility index (Phi) is 3.84. The topological polar surface area (TPSA) is 98.3 Å². The number of carboxylic acids is 1. The molecule has 17 heavy (non-hydrogen) atoms. The smallest absolute Gasteiger partial charge is 0.433 e. The van der Waals surface area contributed by atoms with E-state index in [9.17, 15) is 18.0 Å². The van der Waals surface area contributed by atoms with Crippen LogP contribution < -0.4 is 10.5 Å². The summed E-state index contributed by atoms with van der Waals surface area (Å²) in [7, 11) is 0. The summed E-state index contributed by atoms with van der Waals surface area (Å²) in [5.74, 6) is -1.71. The highest BCUT2D eigenvalue weighted by atomic mass is 19.4. The fraction of sp³-hybridized carbons (Fsp3) is 0.375. The Morgan fingerprint density at radius 2 is 2.18 bits per heavy atom. The highest BCUT2D eigenvalue weighted by Gasteiger charge is 2.33. The molecule has 0 bridgehead atoms. The molecule has 0 spiro atoms. The van der Waals surface area contributed by atoms with E-state index in [1.54, 1.807) is 0 Å². The summed E-state index contributed by atoms with van der Waals surface area (Å²) in [6.07, 6.45) is -3.94. The average molecular weight is 251 g/mol. The second-order valence-electron chi connectivity index (χ2n) is 2.99. The van der Waals surface area contributed by atoms with Crippen LogP contribution in [0.25, 0.3) is 0 Å². The molecule has 1 rings (SSSR count). The van der Waals surface area contributed by atoms with E-state index in [0.717, 1.165) is 0 Å². The van der Waals surface area contributed by atoms with Crippen molar-refractivity contribution in [3.8, 4) is 5.88 Å². The Hall–Kier alpha value is -1.90. The summed E-state index contributed by atoms with van der Waals surface area (Å²) in [5, 5.41) is 8.43. The first-order chi connectivity index (χ1) is 7.80. The number of carboxylic acid groups (broad SMARTS) is 1. The fourth-order valence-electron chi connectivity index (χ4n) is 0.820. The lowest BCUT2D eigenvalue weighted by molar-refractivity contribution is -0.142. The molecule has 0 aliphatic rings. The van der Waals surface area contributed by atoms with Gasteiger partial charge in [-0.15, -0.1) is 0 Å². The Labute approximate surface area is 93.2 Å². The van der Waals surface area contributed by atoms with Gasteiger partial charge in [-0.1, -0.05) is 0 Å². The van der Waals surface area contributed by atoms with Crippen LogP contribution in [0.1, 0.15) is 5.69 Å². The zero-order chi connectivity index (χ0) is 13.1. The summed E-state index contributed by atoms with van der Waals surface area (Å²) in [4.78, 5) is 16.7. The SMILES string of the molecule is NC(COc1cc(C(F)(F)F)ncn1)C(=O)O. The van der Waals surface area contributed by atoms with Crippen LogP contribution >= 0.6 is 0 Å². The van der Waals surface area contributed by atoms with E-state index in [4.69, 9.17) is 15.6 Å². The molecule has 0 saturated heterocycles. The molecule has 0 saturated carbocycles. The van der Waals surface area contributed by atoms with Crippen LogP contribution in [0.2, 0.25) is 0 Å². The summed E-state index contributed by atoms with van der Waals surface area (Å²) >= 11 is 0. The molecule has 0 fully saturated rings. The van der Waals surface area contributed by atoms with Gasteiger partial charge in [0.1, 0.15) is 19.0 Å². The number of alkyl halides is 3. The van der Waals surface area contributed by atoms with Gasteiger partial charge in [0, 0.05) is 6.07 Å². The van der Waals surface area contributed by atoms with Crippen molar-refractivity contribution in [1.29, 1.82) is 0 Å². The van der Waals surface area contributed by atoms with Crippen LogP contribution in [0.4, 0.5) is 13.2 Å². The molecular weight excluding hydrogens is 243 g/mol. The summed E-state index contributed by atoms with van der Waals surface area (Å²) in [6, 6.07) is -0.770. The van der Waals surface area contributed by atoms with Crippen molar-refractivity contribution in [3.63, 3.8) is 0 Å². The largest absolute Gasteiger partial charge is 0.480 e. The van der Waals surface area contributed by atoms with Gasteiger partial charge in [-0.2, -0.15) is 13.2 Å². The number of halogens is 3. The lowest BCUT2D eigenvalue weighted by Gasteiger charge is -2.10. The van der Waals surface area contributed by atoms with E-state index in [1.165, 1.54) is 0 Å². The Balaban J connectivity index is 2.70. The summed E-state index contributed by atoms with van der Waals surface area (Å²) in [5.41, 5.74) is 3.92. The molecule has 1 heterocycles. The predicted molar refractivity (Wildman–Crippen MR) is 48.1 cm³/mol. The summed E-state index contributed by atoms with van der Waals surface area (Å²) < 4.78 is 41.4. The van der Waals surface area contributed by atoms with Gasteiger partial charge < -0.3 is 15.6 Å². The maximum Gasteiger partial charge on any atom is 0.433 e. The molecule has 9 heteroatoms. The molecule has 0 aromatic carbocycles. The molecule has 6 nitrogen and oxygen atoms in total. The number of hydrogen-bond acceptors (Lipinski definition) is 5. The minimum absolute atomic E-state index is 0.385. The number of aromatic nitrogens is 2. The molecule has 0 radical (unpaired) electrons. The number of nitrogens with two attached hydrogens (primary N) is 1. The van der Waals surface area contributed by atoms with E-state index in [1.807, 2.05) is 0 Å². The monoisotopic (exact) mass is 251 g/mol. The van der Waals surface area contributed by atoms with E-state index < -0.39 is 30.5 Å². The Bertz CT molecular complexity index is 410. The molecule has 0 aliphatic carbocycles. The zero-order valence-corrected chi connectivity index (χ0v) is 8.31. The molecule has 0 aliphatic heterocycles. The van der Waals surface area contributed by atoms with Gasteiger partial charge in [0.05, 0.1) is 0 Å². The van der Waals surface area contributed by atoms with Gasteiger partial charge in [0.25, 0.3) is 0 Å². The lowest BCUT2D eigenvalue weighted by Crippen LogP contribution is -2.36. The number of hydrogen-bond donors (Lipinski definition) is 2. The van der Waals surface area contributed by atoms with Crippen molar-refractivity contribution < 1.29 is 27.8 Å². The number of nitrogens with zero attached hydrogens (tertiary/aromatic N) is 2. The molecule has 3 N–H and O–H groups in total. The second kappa shape index (κ2) is 4.95. The summed E-state index contributed by atoms with van der Waals surface area (Å²) in [6.45, 7) is -0.482. The van der Waals surface area contributed by atoms with Crippen molar-refractivity contribution in [2.24, 2.45) is 5.73 Å². The third-order valence-electron chi connectivity index (χ3n) is 1.66. The highest BCUT2D eigenvalue weighted by Crippen LogP contribution is 2.28. The van der Waals surface area contributed by atoms with E-state index >= 15 is 0 Å². The normalized spacial score (nSPS) is 13.2. The molecule has 1 unspecified atom stereocenters. The van der Waals surface area contributed by atoms with E-state index in [2.05, 4.69) is 9.97 Å². The minimum Gasteiger partial charge on any atom is -0.480 e. The average Bonchev–Trinajstić information content (AvgIpc) is 2.25. The van der Waals surface area contributed by atoms with E-state index in [0.29, 0.717) is 12.4 Å². The van der Waals surface area contributed by atoms with Gasteiger partial charge in [-0.05, 0) is 0 Å². The van der Waals surface area contributed by atoms with Gasteiger partial charge in [0.15, 0.2) is 5.69 Å². The van der Waals surface area contributed by atoms with Crippen molar-refractivity contribution in [3.05, 3.63) is 18.1 Å². The lowest BCUT2D eigenvalue weighted by atomic mass is 10.3. The Morgan fingerprint density at radius 3 is 2.71 bits per heavy atom. The van der Waals surface area contributed by atoms with Crippen molar-refractivity contribution >= 4 is 5.97 Å². The first-order valence-corrected chi connectivity index (χ1v) is 4.31. The van der Waals surface area contributed by atoms with Crippen LogP contribution in [0, 0.1) is 0 Å². The number of aliphatic carboxylic acids is 1. The quantitative estimate of drug-likeness (QED) is 0.797. The molecule has 1 atom stereocenters. The molecular formula is C8H8F3N3O3. The van der Waals surface area contributed by atoms with Crippen LogP contribution in [0.15, 0.2) is 12.4 Å². The van der Waals surface area contributed by atoms with Crippen molar-refractivity contribution in [2.45, 2.75) is 12.2 Å². The van der Waals surface area contributed by atoms with Crippen LogP contribution in [-0.2, 0) is 11.0 Å². The zero-order valence-electron chi connectivity index (χ0n) is 8.31. The fourth-order valence-corrected chi connectivity index (χ4v) is 0.820. The van der Waals surface area contributed by atoms with Gasteiger partial charge in [0.2, 0.25) is 5.88 Å². The second-order valence-corrected chi connectivity index (χ2v) is 2.99. The first kappa shape index (κ1) is 13.2. The standard InChI is InChI=1S/C8H8F3N3O3/c9-8(10,11)5-1-6(14-3-13-5)17-2-4(12)7(15)16/h1,3-4H,2,12H2,(H,15,16). The van der Waals surface area contributed by atoms with E-state index in [-0.39, 0.29) is 5.88 Å². The molecule has 1 aromatic rings. The van der Waals surface area contributed by atoms with Gasteiger partial charge in [-0.25, -0.2) is 9.97 Å². The highest BCUT2D eigenvalue weighted by molar-refractivity contribution is 5.73. The Morgan fingerprint density at radius 1 is 1.53 bits per heavy atom. The van der Waals surface area contributed by atoms with Crippen molar-refractivity contribution in [1.82, 2.24) is 9.97 Å². The molecule has 1 aromatic heterocycles. The minimum atomic E-state index is -4.62. The van der Waals surface area contributed by atoms with Crippen LogP contribution in [-0.4, -0.2) is 33.7 Å². The van der Waals surface area contributed by atoms with Crippen LogP contribution in [0.3, 0.4) is 0 Å². The van der Waals surface area contributed by atoms with Crippen LogP contribution in [0.5, 0.6) is 5.88 Å². The number of rotatable bonds is 4. The maximum absolute atomic E-state index is 12.2. The third kappa shape index (κ3) is 3.87. The third-order valence-corrected chi connectivity index (χ3v) is 1.66. The van der Waals surface area contributed by atoms with Gasteiger partial charge in [-0.3, -0.25) is 4.79 Å². The maximum atomic E-state index is 12.2.